The number of carbonyl (C=O) groups excluding carboxylic acids is 1. The Labute approximate surface area is 75.1 Å². The molecular formula is C9H10O4. The molecule has 0 saturated carbocycles. The van der Waals surface area contributed by atoms with Gasteiger partial charge in [-0.3, -0.25) is 4.79 Å². The highest BCUT2D eigenvalue weighted by Crippen LogP contribution is 2.31. The fourth-order valence-corrected chi connectivity index (χ4v) is 1.15. The fourth-order valence-electron chi connectivity index (χ4n) is 1.15. The third-order valence-corrected chi connectivity index (χ3v) is 1.89. The highest BCUT2D eigenvalue weighted by Gasteiger charge is 2.13. The van der Waals surface area contributed by atoms with E-state index in [1.807, 2.05) is 0 Å². The molecule has 0 unspecified atom stereocenters. The van der Waals surface area contributed by atoms with E-state index in [2.05, 4.69) is 0 Å². The minimum atomic E-state index is -0.478. The van der Waals surface area contributed by atoms with Crippen molar-refractivity contribution in [2.24, 2.45) is 0 Å². The van der Waals surface area contributed by atoms with E-state index in [-0.39, 0.29) is 22.6 Å². The number of aromatic hydroxyl groups is 2. The Kier molecular flexibility index (Phi) is 2.53. The predicted molar refractivity (Wildman–Crippen MR) is 45.8 cm³/mol. The van der Waals surface area contributed by atoms with Crippen LogP contribution >= 0.6 is 0 Å². The number of aliphatic hydroxyl groups is 1. The molecule has 0 spiro atoms. The Morgan fingerprint density at radius 2 is 2.08 bits per heavy atom. The van der Waals surface area contributed by atoms with E-state index < -0.39 is 6.61 Å². The van der Waals surface area contributed by atoms with Crippen LogP contribution in [0.15, 0.2) is 6.07 Å². The molecule has 0 atom stereocenters. The highest BCUT2D eigenvalue weighted by atomic mass is 16.3. The summed E-state index contributed by atoms with van der Waals surface area (Å²) in [4.78, 5) is 10.5. The predicted octanol–water partition coefficient (Wildman–Crippen LogP) is 0.711. The highest BCUT2D eigenvalue weighted by molar-refractivity contribution is 5.83. The van der Waals surface area contributed by atoms with Crippen molar-refractivity contribution in [3.63, 3.8) is 0 Å². The number of carbonyl (C=O) groups is 1. The first-order valence-corrected chi connectivity index (χ1v) is 3.72. The second-order valence-corrected chi connectivity index (χ2v) is 2.73. The third kappa shape index (κ3) is 1.48. The lowest BCUT2D eigenvalue weighted by Gasteiger charge is -2.08. The number of hydrogen-bond donors (Lipinski definition) is 3. The molecular weight excluding hydrogens is 172 g/mol. The summed E-state index contributed by atoms with van der Waals surface area (Å²) < 4.78 is 0. The van der Waals surface area contributed by atoms with Gasteiger partial charge in [0.2, 0.25) is 0 Å². The summed E-state index contributed by atoms with van der Waals surface area (Å²) in [5.41, 5.74) is 0.398. The molecule has 0 aromatic heterocycles. The summed E-state index contributed by atoms with van der Waals surface area (Å²) in [6, 6.07) is 1.30. The van der Waals surface area contributed by atoms with Crippen LogP contribution in [-0.4, -0.2) is 21.6 Å². The van der Waals surface area contributed by atoms with E-state index in [0.717, 1.165) is 0 Å². The van der Waals surface area contributed by atoms with Crippen molar-refractivity contribution in [1.29, 1.82) is 0 Å². The average Bonchev–Trinajstić information content (AvgIpc) is 2.10. The van der Waals surface area contributed by atoms with Gasteiger partial charge in [-0.2, -0.15) is 0 Å². The average molecular weight is 182 g/mol. The van der Waals surface area contributed by atoms with Gasteiger partial charge >= 0.3 is 0 Å². The van der Waals surface area contributed by atoms with Gasteiger partial charge in [0, 0.05) is 5.56 Å². The molecule has 0 aliphatic carbocycles. The fraction of sp³-hybridized carbons (Fsp3) is 0.222. The normalized spacial score (nSPS) is 10.0. The Hall–Kier alpha value is -1.55. The molecule has 1 aromatic carbocycles. The minimum Gasteiger partial charge on any atom is -0.508 e. The van der Waals surface area contributed by atoms with Gasteiger partial charge in [-0.1, -0.05) is 0 Å². The summed E-state index contributed by atoms with van der Waals surface area (Å²) in [5.74, 6) is -0.378. The molecule has 70 valence electrons. The minimum absolute atomic E-state index is 0.0538. The van der Waals surface area contributed by atoms with Crippen LogP contribution < -0.4 is 0 Å². The lowest BCUT2D eigenvalue weighted by molar-refractivity contribution is 0.111. The maximum atomic E-state index is 10.5. The zero-order valence-electron chi connectivity index (χ0n) is 7.11. The number of benzene rings is 1. The van der Waals surface area contributed by atoms with Crippen molar-refractivity contribution >= 4 is 6.29 Å². The Bertz CT molecular complexity index is 344. The molecule has 0 aliphatic heterocycles. The number of phenolic OH excluding ortho intramolecular Hbond substituents is 1. The molecule has 0 radical (unpaired) electrons. The molecule has 1 rings (SSSR count). The van der Waals surface area contributed by atoms with Crippen molar-refractivity contribution in [3.05, 3.63) is 22.8 Å². The lowest BCUT2D eigenvalue weighted by atomic mass is 10.0. The molecule has 0 amide bonds. The van der Waals surface area contributed by atoms with Crippen LogP contribution in [0.25, 0.3) is 0 Å². The van der Waals surface area contributed by atoms with Gasteiger partial charge in [-0.15, -0.1) is 0 Å². The second kappa shape index (κ2) is 3.45. The lowest BCUT2D eigenvalue weighted by Crippen LogP contribution is -1.95. The summed E-state index contributed by atoms with van der Waals surface area (Å²) in [7, 11) is 0. The van der Waals surface area contributed by atoms with E-state index in [1.165, 1.54) is 6.07 Å². The van der Waals surface area contributed by atoms with E-state index >= 15 is 0 Å². The van der Waals surface area contributed by atoms with Crippen molar-refractivity contribution in [1.82, 2.24) is 0 Å². The van der Waals surface area contributed by atoms with E-state index in [9.17, 15) is 15.0 Å². The van der Waals surface area contributed by atoms with Gasteiger partial charge in [0.25, 0.3) is 0 Å². The van der Waals surface area contributed by atoms with Crippen molar-refractivity contribution in [3.8, 4) is 11.5 Å². The number of aliphatic hydroxyl groups excluding tert-OH is 1. The van der Waals surface area contributed by atoms with Gasteiger partial charge < -0.3 is 15.3 Å². The number of aryl methyl sites for hydroxylation is 1. The second-order valence-electron chi connectivity index (χ2n) is 2.73. The Morgan fingerprint density at radius 3 is 2.54 bits per heavy atom. The summed E-state index contributed by atoms with van der Waals surface area (Å²) in [6.45, 7) is 1.08. The molecule has 13 heavy (non-hydrogen) atoms. The molecule has 3 N–H and O–H groups in total. The quantitative estimate of drug-likeness (QED) is 0.465. The summed E-state index contributed by atoms with van der Waals surface area (Å²) in [5, 5.41) is 27.5. The van der Waals surface area contributed by atoms with Crippen LogP contribution in [0, 0.1) is 6.92 Å². The van der Waals surface area contributed by atoms with Crippen LogP contribution in [0.5, 0.6) is 11.5 Å². The third-order valence-electron chi connectivity index (χ3n) is 1.89. The zero-order chi connectivity index (χ0) is 10.0. The largest absolute Gasteiger partial charge is 0.508 e. The van der Waals surface area contributed by atoms with Gasteiger partial charge in [0.1, 0.15) is 11.5 Å². The number of hydrogen-bond acceptors (Lipinski definition) is 4. The molecule has 0 heterocycles. The van der Waals surface area contributed by atoms with E-state index in [1.54, 1.807) is 6.92 Å². The maximum absolute atomic E-state index is 10.5. The molecule has 0 aliphatic rings. The Morgan fingerprint density at radius 1 is 1.46 bits per heavy atom. The number of rotatable bonds is 2. The van der Waals surface area contributed by atoms with E-state index in [0.29, 0.717) is 11.8 Å². The van der Waals surface area contributed by atoms with Gasteiger partial charge in [-0.05, 0) is 18.6 Å². The summed E-state index contributed by atoms with van der Waals surface area (Å²) in [6.07, 6.45) is 0.410. The number of phenols is 2. The van der Waals surface area contributed by atoms with Crippen LogP contribution in [0.3, 0.4) is 0 Å². The van der Waals surface area contributed by atoms with Crippen LogP contribution in [0.2, 0.25) is 0 Å². The van der Waals surface area contributed by atoms with Crippen LogP contribution in [0.1, 0.15) is 21.5 Å². The molecule has 0 saturated heterocycles. The standard InChI is InChI=1S/C9H10O4/c1-5-2-8(12)6(3-10)7(4-11)9(5)13/h2,4,10,12-13H,3H2,1H3. The molecule has 0 bridgehead atoms. The van der Waals surface area contributed by atoms with Gasteiger partial charge in [0.05, 0.1) is 12.2 Å². The molecule has 4 heteroatoms. The zero-order valence-corrected chi connectivity index (χ0v) is 7.11. The molecule has 1 aromatic rings. The van der Waals surface area contributed by atoms with Crippen molar-refractivity contribution < 1.29 is 20.1 Å². The van der Waals surface area contributed by atoms with Crippen molar-refractivity contribution in [2.75, 3.05) is 0 Å². The van der Waals surface area contributed by atoms with Crippen LogP contribution in [0.4, 0.5) is 0 Å². The monoisotopic (exact) mass is 182 g/mol. The summed E-state index contributed by atoms with van der Waals surface area (Å²) >= 11 is 0. The van der Waals surface area contributed by atoms with Crippen molar-refractivity contribution in [2.45, 2.75) is 13.5 Å². The smallest absolute Gasteiger partial charge is 0.154 e. The van der Waals surface area contributed by atoms with Gasteiger partial charge in [-0.25, -0.2) is 0 Å². The molecule has 0 fully saturated rings. The first kappa shape index (κ1) is 9.54. The first-order valence-electron chi connectivity index (χ1n) is 3.72. The topological polar surface area (TPSA) is 77.8 Å². The van der Waals surface area contributed by atoms with Crippen LogP contribution in [-0.2, 0) is 6.61 Å². The van der Waals surface area contributed by atoms with Gasteiger partial charge in [0.15, 0.2) is 6.29 Å². The first-order chi connectivity index (χ1) is 6.11. The Balaban J connectivity index is 3.50. The SMILES string of the molecule is Cc1cc(O)c(CO)c(C=O)c1O. The number of aldehydes is 1. The maximum Gasteiger partial charge on any atom is 0.154 e. The van der Waals surface area contributed by atoms with E-state index in [4.69, 9.17) is 5.11 Å². The molecule has 4 nitrogen and oxygen atoms in total.